The van der Waals surface area contributed by atoms with Crippen molar-refractivity contribution in [3.05, 3.63) is 23.8 Å². The second kappa shape index (κ2) is 3.93. The third-order valence-corrected chi connectivity index (χ3v) is 2.73. The van der Waals surface area contributed by atoms with Gasteiger partial charge in [0.2, 0.25) is 5.91 Å². The number of carbonyl (C=O) groups is 1. The first-order chi connectivity index (χ1) is 7.15. The SMILES string of the molecule is Cc1ccc(NC(=O)CC2CC2)cc1N. The van der Waals surface area contributed by atoms with Crippen LogP contribution in [0.1, 0.15) is 24.8 Å². The van der Waals surface area contributed by atoms with Crippen molar-refractivity contribution in [1.82, 2.24) is 0 Å². The molecule has 0 aromatic heterocycles. The third kappa shape index (κ3) is 2.72. The summed E-state index contributed by atoms with van der Waals surface area (Å²) >= 11 is 0. The molecule has 0 atom stereocenters. The standard InChI is InChI=1S/C12H16N2O/c1-8-2-5-10(7-11(8)13)14-12(15)6-9-3-4-9/h2,5,7,9H,3-4,6,13H2,1H3,(H,14,15). The lowest BCUT2D eigenvalue weighted by Gasteiger charge is -2.06. The molecule has 0 bridgehead atoms. The van der Waals surface area contributed by atoms with E-state index in [2.05, 4.69) is 5.32 Å². The molecule has 1 aliphatic carbocycles. The first kappa shape index (κ1) is 10.0. The highest BCUT2D eigenvalue weighted by atomic mass is 16.1. The Kier molecular flexibility index (Phi) is 2.62. The Morgan fingerprint density at radius 2 is 2.27 bits per heavy atom. The Balaban J connectivity index is 1.97. The fourth-order valence-corrected chi connectivity index (χ4v) is 1.51. The van der Waals surface area contributed by atoms with Crippen LogP contribution in [0.2, 0.25) is 0 Å². The number of hydrogen-bond donors (Lipinski definition) is 2. The summed E-state index contributed by atoms with van der Waals surface area (Å²) in [6.07, 6.45) is 3.04. The lowest BCUT2D eigenvalue weighted by atomic mass is 10.2. The number of carbonyl (C=O) groups excluding carboxylic acids is 1. The van der Waals surface area contributed by atoms with Gasteiger partial charge >= 0.3 is 0 Å². The minimum absolute atomic E-state index is 0.0979. The summed E-state index contributed by atoms with van der Waals surface area (Å²) in [6, 6.07) is 5.61. The van der Waals surface area contributed by atoms with Gasteiger partial charge in [0, 0.05) is 17.8 Å². The number of anilines is 2. The van der Waals surface area contributed by atoms with Gasteiger partial charge in [0.25, 0.3) is 0 Å². The van der Waals surface area contributed by atoms with Crippen molar-refractivity contribution in [2.45, 2.75) is 26.2 Å². The van der Waals surface area contributed by atoms with Crippen molar-refractivity contribution in [1.29, 1.82) is 0 Å². The first-order valence-corrected chi connectivity index (χ1v) is 5.31. The maximum Gasteiger partial charge on any atom is 0.224 e. The quantitative estimate of drug-likeness (QED) is 0.742. The lowest BCUT2D eigenvalue weighted by Crippen LogP contribution is -2.12. The molecule has 1 amide bonds. The van der Waals surface area contributed by atoms with Crippen LogP contribution in [0.25, 0.3) is 0 Å². The van der Waals surface area contributed by atoms with E-state index in [0.717, 1.165) is 16.9 Å². The van der Waals surface area contributed by atoms with E-state index in [0.29, 0.717) is 12.3 Å². The van der Waals surface area contributed by atoms with Gasteiger partial charge in [0.15, 0.2) is 0 Å². The molecule has 0 aliphatic heterocycles. The van der Waals surface area contributed by atoms with Crippen LogP contribution in [-0.2, 0) is 4.79 Å². The van der Waals surface area contributed by atoms with Crippen molar-refractivity contribution < 1.29 is 4.79 Å². The van der Waals surface area contributed by atoms with Crippen LogP contribution in [0.3, 0.4) is 0 Å². The van der Waals surface area contributed by atoms with E-state index < -0.39 is 0 Å². The molecule has 1 fully saturated rings. The zero-order chi connectivity index (χ0) is 10.8. The minimum Gasteiger partial charge on any atom is -0.398 e. The largest absolute Gasteiger partial charge is 0.398 e. The maximum absolute atomic E-state index is 11.5. The van der Waals surface area contributed by atoms with Gasteiger partial charge in [-0.1, -0.05) is 6.07 Å². The molecule has 80 valence electrons. The number of amides is 1. The average molecular weight is 204 g/mol. The molecule has 3 heteroatoms. The van der Waals surface area contributed by atoms with Crippen molar-refractivity contribution in [3.63, 3.8) is 0 Å². The highest BCUT2D eigenvalue weighted by Crippen LogP contribution is 2.32. The molecule has 0 spiro atoms. The number of rotatable bonds is 3. The lowest BCUT2D eigenvalue weighted by molar-refractivity contribution is -0.116. The van der Waals surface area contributed by atoms with Gasteiger partial charge in [-0.2, -0.15) is 0 Å². The molecule has 0 radical (unpaired) electrons. The number of nitrogens with one attached hydrogen (secondary N) is 1. The summed E-state index contributed by atoms with van der Waals surface area (Å²) in [4.78, 5) is 11.5. The van der Waals surface area contributed by atoms with E-state index in [9.17, 15) is 4.79 Å². The molecule has 1 aliphatic rings. The van der Waals surface area contributed by atoms with Crippen LogP contribution in [-0.4, -0.2) is 5.91 Å². The monoisotopic (exact) mass is 204 g/mol. The second-order valence-corrected chi connectivity index (χ2v) is 4.27. The van der Waals surface area contributed by atoms with Gasteiger partial charge < -0.3 is 11.1 Å². The fourth-order valence-electron chi connectivity index (χ4n) is 1.51. The third-order valence-electron chi connectivity index (χ3n) is 2.73. The molecular weight excluding hydrogens is 188 g/mol. The van der Waals surface area contributed by atoms with E-state index in [4.69, 9.17) is 5.73 Å². The normalized spacial score (nSPS) is 15.0. The van der Waals surface area contributed by atoms with Gasteiger partial charge in [-0.15, -0.1) is 0 Å². The average Bonchev–Trinajstić information content (AvgIpc) is 2.95. The molecule has 0 heterocycles. The van der Waals surface area contributed by atoms with E-state index in [1.54, 1.807) is 6.07 Å². The molecule has 1 saturated carbocycles. The topological polar surface area (TPSA) is 55.1 Å². The number of benzene rings is 1. The Hall–Kier alpha value is -1.51. The predicted octanol–water partition coefficient (Wildman–Crippen LogP) is 2.32. The van der Waals surface area contributed by atoms with Crippen LogP contribution >= 0.6 is 0 Å². The van der Waals surface area contributed by atoms with E-state index in [1.807, 2.05) is 19.1 Å². The Morgan fingerprint density at radius 1 is 1.53 bits per heavy atom. The highest BCUT2D eigenvalue weighted by molar-refractivity contribution is 5.91. The van der Waals surface area contributed by atoms with Gasteiger partial charge in [0.05, 0.1) is 0 Å². The molecule has 1 aromatic rings. The smallest absolute Gasteiger partial charge is 0.224 e. The Morgan fingerprint density at radius 3 is 2.87 bits per heavy atom. The molecule has 3 nitrogen and oxygen atoms in total. The maximum atomic E-state index is 11.5. The van der Waals surface area contributed by atoms with E-state index in [-0.39, 0.29) is 5.91 Å². The molecule has 0 unspecified atom stereocenters. The number of hydrogen-bond acceptors (Lipinski definition) is 2. The first-order valence-electron chi connectivity index (χ1n) is 5.31. The predicted molar refractivity (Wildman–Crippen MR) is 61.6 cm³/mol. The second-order valence-electron chi connectivity index (χ2n) is 4.27. The van der Waals surface area contributed by atoms with Gasteiger partial charge in [-0.05, 0) is 43.4 Å². The van der Waals surface area contributed by atoms with Gasteiger partial charge in [-0.3, -0.25) is 4.79 Å². The van der Waals surface area contributed by atoms with Crippen molar-refractivity contribution in [3.8, 4) is 0 Å². The molecule has 3 N–H and O–H groups in total. The zero-order valence-corrected chi connectivity index (χ0v) is 8.92. The van der Waals surface area contributed by atoms with Crippen molar-refractivity contribution >= 4 is 17.3 Å². The molecule has 1 aromatic carbocycles. The molecule has 15 heavy (non-hydrogen) atoms. The summed E-state index contributed by atoms with van der Waals surface area (Å²) < 4.78 is 0. The van der Waals surface area contributed by atoms with Gasteiger partial charge in [0.1, 0.15) is 0 Å². The van der Waals surface area contributed by atoms with Crippen LogP contribution in [0.4, 0.5) is 11.4 Å². The number of aryl methyl sites for hydroxylation is 1. The van der Waals surface area contributed by atoms with Crippen molar-refractivity contribution in [2.75, 3.05) is 11.1 Å². The fraction of sp³-hybridized carbons (Fsp3) is 0.417. The highest BCUT2D eigenvalue weighted by Gasteiger charge is 2.24. The summed E-state index contributed by atoms with van der Waals surface area (Å²) in [5.41, 5.74) is 8.31. The van der Waals surface area contributed by atoms with Crippen LogP contribution in [0, 0.1) is 12.8 Å². The number of nitrogen functional groups attached to an aromatic ring is 1. The van der Waals surface area contributed by atoms with Crippen molar-refractivity contribution in [2.24, 2.45) is 5.92 Å². The molecule has 0 saturated heterocycles. The Labute approximate surface area is 89.7 Å². The number of nitrogens with two attached hydrogens (primary N) is 1. The van der Waals surface area contributed by atoms with Crippen LogP contribution in [0.5, 0.6) is 0 Å². The molecular formula is C12H16N2O. The Bertz CT molecular complexity index is 383. The van der Waals surface area contributed by atoms with E-state index in [1.165, 1.54) is 12.8 Å². The minimum atomic E-state index is 0.0979. The zero-order valence-electron chi connectivity index (χ0n) is 8.92. The summed E-state index contributed by atoms with van der Waals surface area (Å²) in [6.45, 7) is 1.95. The van der Waals surface area contributed by atoms with Gasteiger partial charge in [-0.25, -0.2) is 0 Å². The van der Waals surface area contributed by atoms with E-state index >= 15 is 0 Å². The van der Waals surface area contributed by atoms with Crippen LogP contribution in [0.15, 0.2) is 18.2 Å². The van der Waals surface area contributed by atoms with Crippen LogP contribution < -0.4 is 11.1 Å². The summed E-state index contributed by atoms with van der Waals surface area (Å²) in [5.74, 6) is 0.716. The summed E-state index contributed by atoms with van der Waals surface area (Å²) in [7, 11) is 0. The molecule has 2 rings (SSSR count). The summed E-state index contributed by atoms with van der Waals surface area (Å²) in [5, 5.41) is 2.86.